The molecule has 0 spiro atoms. The predicted octanol–water partition coefficient (Wildman–Crippen LogP) is 2.60. The van der Waals surface area contributed by atoms with Gasteiger partial charge in [-0.15, -0.1) is 11.3 Å². The summed E-state index contributed by atoms with van der Waals surface area (Å²) in [7, 11) is 0. The van der Waals surface area contributed by atoms with Crippen molar-refractivity contribution in [3.8, 4) is 0 Å². The number of hydrogen-bond acceptors (Lipinski definition) is 6. The quantitative estimate of drug-likeness (QED) is 0.383. The first-order chi connectivity index (χ1) is 9.01. The molecular weight excluding hydrogens is 334 g/mol. The van der Waals surface area contributed by atoms with Crippen LogP contribution < -0.4 is 5.73 Å². The summed E-state index contributed by atoms with van der Waals surface area (Å²) in [5, 5.41) is 2.30. The molecule has 0 fully saturated rings. The minimum Gasteiger partial charge on any atom is -0.462 e. The molecule has 0 radical (unpaired) electrons. The lowest BCUT2D eigenvalue weighted by molar-refractivity contribution is -0.146. The predicted molar refractivity (Wildman–Crippen MR) is 77.7 cm³/mol. The topological polar surface area (TPSA) is 78.6 Å². The second kappa shape index (κ2) is 7.30. The van der Waals surface area contributed by atoms with Crippen molar-refractivity contribution in [1.82, 2.24) is 0 Å². The summed E-state index contributed by atoms with van der Waals surface area (Å²) in [5.74, 6) is -1.42. The van der Waals surface area contributed by atoms with E-state index in [4.69, 9.17) is 15.2 Å². The largest absolute Gasteiger partial charge is 0.462 e. The van der Waals surface area contributed by atoms with Gasteiger partial charge < -0.3 is 15.2 Å². The summed E-state index contributed by atoms with van der Waals surface area (Å²) < 4.78 is 10.3. The molecular formula is C12H14BrNO4S. The normalized spacial score (nSPS) is 9.84. The lowest BCUT2D eigenvalue weighted by Gasteiger charge is -2.06. The number of carbonyl (C=O) groups is 2. The van der Waals surface area contributed by atoms with Gasteiger partial charge in [-0.25, -0.2) is 9.59 Å². The van der Waals surface area contributed by atoms with E-state index < -0.39 is 11.9 Å². The Labute approximate surface area is 123 Å². The van der Waals surface area contributed by atoms with E-state index in [0.29, 0.717) is 15.0 Å². The molecule has 0 aliphatic heterocycles. The highest BCUT2D eigenvalue weighted by Gasteiger charge is 2.21. The molecule has 1 aromatic heterocycles. The van der Waals surface area contributed by atoms with Gasteiger partial charge in [-0.1, -0.05) is 0 Å². The Kier molecular flexibility index (Phi) is 6.04. The summed E-state index contributed by atoms with van der Waals surface area (Å²) in [6.45, 7) is 3.70. The van der Waals surface area contributed by atoms with Crippen LogP contribution in [-0.4, -0.2) is 25.2 Å². The first-order valence-corrected chi connectivity index (χ1v) is 7.26. The summed E-state index contributed by atoms with van der Waals surface area (Å²) in [5.41, 5.74) is 6.18. The molecule has 0 aliphatic carbocycles. The van der Waals surface area contributed by atoms with E-state index in [2.05, 4.69) is 15.9 Å². The number of halogens is 1. The number of ether oxygens (including phenoxy) is 2. The Hall–Kier alpha value is -1.34. The molecule has 0 aliphatic rings. The molecule has 1 rings (SSSR count). The van der Waals surface area contributed by atoms with E-state index in [1.165, 1.54) is 17.4 Å². The van der Waals surface area contributed by atoms with Crippen LogP contribution in [0.15, 0.2) is 15.4 Å². The zero-order chi connectivity index (χ0) is 14.4. The van der Waals surface area contributed by atoms with Crippen LogP contribution in [0.3, 0.4) is 0 Å². The second-order valence-corrected chi connectivity index (χ2v) is 5.07. The Morgan fingerprint density at radius 3 is 2.21 bits per heavy atom. The lowest BCUT2D eigenvalue weighted by atomic mass is 10.2. The number of esters is 2. The maximum Gasteiger partial charge on any atom is 0.345 e. The molecule has 0 bridgehead atoms. The number of anilines is 1. The van der Waals surface area contributed by atoms with Gasteiger partial charge in [0.1, 0.15) is 10.6 Å². The van der Waals surface area contributed by atoms with Gasteiger partial charge in [0.25, 0.3) is 0 Å². The Morgan fingerprint density at radius 2 is 1.84 bits per heavy atom. The molecule has 0 amide bonds. The minimum atomic E-state index is -0.711. The summed E-state index contributed by atoms with van der Waals surface area (Å²) in [6, 6.07) is 0. The van der Waals surface area contributed by atoms with Gasteiger partial charge >= 0.3 is 11.9 Å². The third-order valence-corrected chi connectivity index (χ3v) is 4.05. The first-order valence-electron chi connectivity index (χ1n) is 5.59. The number of nitrogen functional groups attached to an aromatic ring is 1. The molecule has 5 nitrogen and oxygen atoms in total. The van der Waals surface area contributed by atoms with Crippen molar-refractivity contribution in [2.24, 2.45) is 0 Å². The number of nitrogens with two attached hydrogens (primary N) is 1. The molecule has 0 atom stereocenters. The number of hydrogen-bond donors (Lipinski definition) is 1. The molecule has 104 valence electrons. The fraction of sp³-hybridized carbons (Fsp3) is 0.333. The molecule has 0 aromatic carbocycles. The van der Waals surface area contributed by atoms with E-state index in [9.17, 15) is 9.59 Å². The molecule has 0 saturated carbocycles. The number of rotatable bonds is 5. The van der Waals surface area contributed by atoms with Gasteiger partial charge in [0.15, 0.2) is 0 Å². The van der Waals surface area contributed by atoms with Crippen molar-refractivity contribution in [2.75, 3.05) is 18.9 Å². The average Bonchev–Trinajstić information content (AvgIpc) is 2.67. The van der Waals surface area contributed by atoms with Gasteiger partial charge in [0.2, 0.25) is 0 Å². The van der Waals surface area contributed by atoms with Crippen LogP contribution >= 0.6 is 27.3 Å². The highest BCUT2D eigenvalue weighted by Crippen LogP contribution is 2.32. The van der Waals surface area contributed by atoms with Gasteiger partial charge in [-0.2, -0.15) is 0 Å². The Bertz CT molecular complexity index is 490. The molecule has 0 unspecified atom stereocenters. The van der Waals surface area contributed by atoms with Crippen LogP contribution in [0, 0.1) is 0 Å². The van der Waals surface area contributed by atoms with Crippen LogP contribution in [-0.2, 0) is 19.1 Å². The highest BCUT2D eigenvalue weighted by atomic mass is 79.9. The van der Waals surface area contributed by atoms with Crippen LogP contribution in [0.5, 0.6) is 0 Å². The van der Waals surface area contributed by atoms with Gasteiger partial charge in [-0.3, -0.25) is 0 Å². The zero-order valence-corrected chi connectivity index (χ0v) is 13.0. The fourth-order valence-corrected chi connectivity index (χ4v) is 2.57. The van der Waals surface area contributed by atoms with Crippen molar-refractivity contribution in [1.29, 1.82) is 0 Å². The van der Waals surface area contributed by atoms with Gasteiger partial charge in [0.05, 0.1) is 17.7 Å². The first kappa shape index (κ1) is 15.7. The van der Waals surface area contributed by atoms with Gasteiger partial charge in [0, 0.05) is 10.9 Å². The SMILES string of the molecule is CCOC(=O)C(=Cc1csc(N)c1Br)C(=O)OCC. The van der Waals surface area contributed by atoms with E-state index >= 15 is 0 Å². The fourth-order valence-electron chi connectivity index (χ4n) is 1.24. The molecule has 1 heterocycles. The molecule has 2 N–H and O–H groups in total. The van der Waals surface area contributed by atoms with Crippen molar-refractivity contribution >= 4 is 50.3 Å². The summed E-state index contributed by atoms with van der Waals surface area (Å²) >= 11 is 4.60. The monoisotopic (exact) mass is 347 g/mol. The standard InChI is InChI=1S/C12H14BrNO4S/c1-3-17-11(15)8(12(16)18-4-2)5-7-6-19-10(14)9(7)13/h5-6H,3-4,14H2,1-2H3. The van der Waals surface area contributed by atoms with Crippen molar-refractivity contribution in [3.05, 3.63) is 21.0 Å². The molecule has 7 heteroatoms. The van der Waals surface area contributed by atoms with E-state index in [1.54, 1.807) is 19.2 Å². The number of thiophene rings is 1. The molecule has 19 heavy (non-hydrogen) atoms. The third kappa shape index (κ3) is 4.07. The zero-order valence-electron chi connectivity index (χ0n) is 10.6. The van der Waals surface area contributed by atoms with Crippen molar-refractivity contribution < 1.29 is 19.1 Å². The van der Waals surface area contributed by atoms with Crippen LogP contribution in [0.1, 0.15) is 19.4 Å². The van der Waals surface area contributed by atoms with Gasteiger partial charge in [-0.05, 0) is 35.9 Å². The smallest absolute Gasteiger partial charge is 0.345 e. The maximum absolute atomic E-state index is 11.7. The van der Waals surface area contributed by atoms with Crippen molar-refractivity contribution in [3.63, 3.8) is 0 Å². The second-order valence-electron chi connectivity index (χ2n) is 3.37. The molecule has 0 saturated heterocycles. The minimum absolute atomic E-state index is 0.151. The highest BCUT2D eigenvalue weighted by molar-refractivity contribution is 9.10. The van der Waals surface area contributed by atoms with Crippen LogP contribution in [0.25, 0.3) is 6.08 Å². The third-order valence-electron chi connectivity index (χ3n) is 2.07. The van der Waals surface area contributed by atoms with Crippen LogP contribution in [0.4, 0.5) is 5.00 Å². The van der Waals surface area contributed by atoms with Crippen LogP contribution in [0.2, 0.25) is 0 Å². The Balaban J connectivity index is 3.12. The lowest BCUT2D eigenvalue weighted by Crippen LogP contribution is -2.18. The van der Waals surface area contributed by atoms with E-state index in [-0.39, 0.29) is 18.8 Å². The van der Waals surface area contributed by atoms with Crippen molar-refractivity contribution in [2.45, 2.75) is 13.8 Å². The average molecular weight is 348 g/mol. The number of carbonyl (C=O) groups excluding carboxylic acids is 2. The van der Waals surface area contributed by atoms with E-state index in [0.717, 1.165) is 0 Å². The maximum atomic E-state index is 11.7. The van der Waals surface area contributed by atoms with E-state index in [1.807, 2.05) is 0 Å². The summed E-state index contributed by atoms with van der Waals surface area (Å²) in [4.78, 5) is 23.5. The molecule has 1 aromatic rings. The summed E-state index contributed by atoms with van der Waals surface area (Å²) in [6.07, 6.45) is 1.41. The Morgan fingerprint density at radius 1 is 1.32 bits per heavy atom.